The van der Waals surface area contributed by atoms with Gasteiger partial charge < -0.3 is 20.5 Å². The van der Waals surface area contributed by atoms with Crippen molar-refractivity contribution in [3.8, 4) is 5.75 Å². The minimum Gasteiger partial charge on any atom is -0.496 e. The van der Waals surface area contributed by atoms with Crippen LogP contribution < -0.4 is 15.4 Å². The highest BCUT2D eigenvalue weighted by Crippen LogP contribution is 2.29. The van der Waals surface area contributed by atoms with Crippen LogP contribution in [-0.2, 0) is 0 Å². The van der Waals surface area contributed by atoms with Crippen molar-refractivity contribution in [1.82, 2.24) is 10.6 Å². The van der Waals surface area contributed by atoms with E-state index in [0.29, 0.717) is 6.42 Å². The van der Waals surface area contributed by atoms with E-state index < -0.39 is 0 Å². The zero-order chi connectivity index (χ0) is 17.4. The van der Waals surface area contributed by atoms with Gasteiger partial charge in [-0.3, -0.25) is 0 Å². The summed E-state index contributed by atoms with van der Waals surface area (Å²) >= 11 is 0. The average Bonchev–Trinajstić information content (AvgIpc) is 2.60. The van der Waals surface area contributed by atoms with Crippen LogP contribution in [0.5, 0.6) is 5.75 Å². The second kappa shape index (κ2) is 8.93. The first-order valence-electron chi connectivity index (χ1n) is 8.01. The van der Waals surface area contributed by atoms with Gasteiger partial charge in [0.2, 0.25) is 0 Å². The van der Waals surface area contributed by atoms with Gasteiger partial charge in [0.15, 0.2) is 0 Å². The number of amides is 2. The molecule has 2 amide bonds. The van der Waals surface area contributed by atoms with Crippen molar-refractivity contribution in [3.63, 3.8) is 0 Å². The molecule has 2 aromatic carbocycles. The predicted molar refractivity (Wildman–Crippen MR) is 94.1 cm³/mol. The van der Waals surface area contributed by atoms with E-state index in [1.807, 2.05) is 61.5 Å². The fourth-order valence-corrected chi connectivity index (χ4v) is 2.55. The number of nitrogens with one attached hydrogen (secondary N) is 2. The van der Waals surface area contributed by atoms with Crippen LogP contribution >= 0.6 is 0 Å². The van der Waals surface area contributed by atoms with E-state index >= 15 is 0 Å². The van der Waals surface area contributed by atoms with Gasteiger partial charge in [-0.25, -0.2) is 4.79 Å². The Labute approximate surface area is 142 Å². The topological polar surface area (TPSA) is 70.6 Å². The highest BCUT2D eigenvalue weighted by Gasteiger charge is 2.20. The van der Waals surface area contributed by atoms with Crippen LogP contribution in [0.2, 0.25) is 0 Å². The van der Waals surface area contributed by atoms with Crippen molar-refractivity contribution >= 4 is 6.03 Å². The molecule has 0 saturated heterocycles. The van der Waals surface area contributed by atoms with E-state index in [1.54, 1.807) is 7.11 Å². The number of methoxy groups -OCH3 is 1. The van der Waals surface area contributed by atoms with Crippen LogP contribution in [0.3, 0.4) is 0 Å². The van der Waals surface area contributed by atoms with E-state index in [4.69, 9.17) is 9.84 Å². The molecule has 0 saturated carbocycles. The van der Waals surface area contributed by atoms with Crippen LogP contribution in [0.1, 0.15) is 30.5 Å². The van der Waals surface area contributed by atoms with Gasteiger partial charge >= 0.3 is 6.03 Å². The molecule has 0 aliphatic carbocycles. The summed E-state index contributed by atoms with van der Waals surface area (Å²) in [6.45, 7) is 1.90. The van der Waals surface area contributed by atoms with E-state index in [1.165, 1.54) is 0 Å². The third-order valence-corrected chi connectivity index (χ3v) is 3.80. The maximum Gasteiger partial charge on any atom is 0.315 e. The summed E-state index contributed by atoms with van der Waals surface area (Å²) in [4.78, 5) is 12.3. The summed E-state index contributed by atoms with van der Waals surface area (Å²) in [5, 5.41) is 14.8. The molecular formula is C19H24N2O3. The van der Waals surface area contributed by atoms with E-state index in [0.717, 1.165) is 16.9 Å². The average molecular weight is 328 g/mol. The van der Waals surface area contributed by atoms with Gasteiger partial charge in [0.05, 0.1) is 13.2 Å². The summed E-state index contributed by atoms with van der Waals surface area (Å²) in [5.74, 6) is 0.718. The lowest BCUT2D eigenvalue weighted by Gasteiger charge is -2.23. The Balaban J connectivity index is 2.26. The van der Waals surface area contributed by atoms with Crippen molar-refractivity contribution in [2.75, 3.05) is 13.7 Å². The standard InChI is InChI=1S/C19H24N2O3/c1-14(12-13-22)20-19(23)21-18(15-8-4-3-5-9-15)16-10-6-7-11-17(16)24-2/h3-11,14,18,22H,12-13H2,1-2H3,(H2,20,21,23)/t14-,18?/m1/s1. The molecule has 1 unspecified atom stereocenters. The molecule has 0 radical (unpaired) electrons. The number of urea groups is 1. The second-order valence-electron chi connectivity index (χ2n) is 5.62. The third-order valence-electron chi connectivity index (χ3n) is 3.80. The van der Waals surface area contributed by atoms with Gasteiger partial charge in [0.25, 0.3) is 0 Å². The molecule has 0 fully saturated rings. The molecule has 5 nitrogen and oxygen atoms in total. The number of ether oxygens (including phenoxy) is 1. The number of hydrogen-bond donors (Lipinski definition) is 3. The Morgan fingerprint density at radius 3 is 2.42 bits per heavy atom. The van der Waals surface area contributed by atoms with Gasteiger partial charge in [-0.2, -0.15) is 0 Å². The van der Waals surface area contributed by atoms with Crippen LogP contribution in [-0.4, -0.2) is 30.9 Å². The highest BCUT2D eigenvalue weighted by atomic mass is 16.5. The summed E-state index contributed by atoms with van der Waals surface area (Å²) in [6.07, 6.45) is 0.512. The summed E-state index contributed by atoms with van der Waals surface area (Å²) in [7, 11) is 1.62. The van der Waals surface area contributed by atoms with E-state index in [2.05, 4.69) is 10.6 Å². The molecule has 3 N–H and O–H groups in total. The molecule has 0 spiro atoms. The minimum absolute atomic E-state index is 0.0378. The lowest BCUT2D eigenvalue weighted by atomic mass is 9.98. The number of carbonyl (C=O) groups is 1. The maximum absolute atomic E-state index is 12.3. The van der Waals surface area contributed by atoms with Gasteiger partial charge in [-0.15, -0.1) is 0 Å². The summed E-state index contributed by atoms with van der Waals surface area (Å²) in [6, 6.07) is 16.7. The molecule has 2 aromatic rings. The minimum atomic E-state index is -0.330. The van der Waals surface area contributed by atoms with Gasteiger partial charge in [-0.1, -0.05) is 48.5 Å². The van der Waals surface area contributed by atoms with Crippen molar-refractivity contribution in [3.05, 3.63) is 65.7 Å². The summed E-state index contributed by atoms with van der Waals surface area (Å²) in [5.41, 5.74) is 1.85. The smallest absolute Gasteiger partial charge is 0.315 e. The van der Waals surface area contributed by atoms with Crippen molar-refractivity contribution < 1.29 is 14.6 Å². The highest BCUT2D eigenvalue weighted by molar-refractivity contribution is 5.75. The Morgan fingerprint density at radius 1 is 1.08 bits per heavy atom. The van der Waals surface area contributed by atoms with Gasteiger partial charge in [-0.05, 0) is 25.0 Å². The van der Waals surface area contributed by atoms with Crippen molar-refractivity contribution in [1.29, 1.82) is 0 Å². The van der Waals surface area contributed by atoms with Crippen molar-refractivity contribution in [2.24, 2.45) is 0 Å². The van der Waals surface area contributed by atoms with E-state index in [9.17, 15) is 4.79 Å². The normalized spacial score (nSPS) is 13.0. The van der Waals surface area contributed by atoms with Crippen LogP contribution in [0.4, 0.5) is 4.79 Å². The molecule has 5 heteroatoms. The maximum atomic E-state index is 12.3. The van der Waals surface area contributed by atoms with Gasteiger partial charge in [0.1, 0.15) is 5.75 Å². The number of hydrogen-bond acceptors (Lipinski definition) is 3. The fraction of sp³-hybridized carbons (Fsp3) is 0.316. The lowest BCUT2D eigenvalue weighted by molar-refractivity contribution is 0.229. The number of carbonyl (C=O) groups excluding carboxylic acids is 1. The first-order chi connectivity index (χ1) is 11.7. The predicted octanol–water partition coefficient (Wildman–Crippen LogP) is 2.85. The molecule has 0 aliphatic rings. The van der Waals surface area contributed by atoms with Crippen LogP contribution in [0, 0.1) is 0 Å². The molecular weight excluding hydrogens is 304 g/mol. The molecule has 0 aromatic heterocycles. The van der Waals surface area contributed by atoms with Crippen LogP contribution in [0.15, 0.2) is 54.6 Å². The number of para-hydroxylation sites is 1. The Morgan fingerprint density at radius 2 is 1.75 bits per heavy atom. The second-order valence-corrected chi connectivity index (χ2v) is 5.62. The SMILES string of the molecule is COc1ccccc1C(NC(=O)N[C@H](C)CCO)c1ccccc1. The fourth-order valence-electron chi connectivity index (χ4n) is 2.55. The number of benzene rings is 2. The molecule has 0 bridgehead atoms. The zero-order valence-electron chi connectivity index (χ0n) is 14.0. The molecule has 0 heterocycles. The number of aliphatic hydroxyl groups excluding tert-OH is 1. The lowest BCUT2D eigenvalue weighted by Crippen LogP contribution is -2.43. The Kier molecular flexibility index (Phi) is 6.63. The largest absolute Gasteiger partial charge is 0.496 e. The van der Waals surface area contributed by atoms with E-state index in [-0.39, 0.29) is 24.7 Å². The number of rotatable bonds is 7. The monoisotopic (exact) mass is 328 g/mol. The summed E-state index contributed by atoms with van der Waals surface area (Å²) < 4.78 is 5.44. The first-order valence-corrected chi connectivity index (χ1v) is 8.01. The molecule has 0 aliphatic heterocycles. The zero-order valence-corrected chi connectivity index (χ0v) is 14.0. The quantitative estimate of drug-likeness (QED) is 0.732. The molecule has 2 rings (SSSR count). The molecule has 24 heavy (non-hydrogen) atoms. The Hall–Kier alpha value is -2.53. The Bertz CT molecular complexity index is 646. The van der Waals surface area contributed by atoms with Crippen LogP contribution in [0.25, 0.3) is 0 Å². The van der Waals surface area contributed by atoms with Gasteiger partial charge in [0, 0.05) is 18.2 Å². The number of aliphatic hydroxyl groups is 1. The third kappa shape index (κ3) is 4.73. The molecule has 128 valence electrons. The van der Waals surface area contributed by atoms with Crippen molar-refractivity contribution in [2.45, 2.75) is 25.4 Å². The first kappa shape index (κ1) is 17.8. The molecule has 2 atom stereocenters.